The van der Waals surface area contributed by atoms with E-state index in [4.69, 9.17) is 9.47 Å². The molecule has 3 heteroatoms. The van der Waals surface area contributed by atoms with Crippen molar-refractivity contribution >= 4 is 0 Å². The average molecular weight is 215 g/mol. The van der Waals surface area contributed by atoms with Crippen LogP contribution >= 0.6 is 0 Å². The molecule has 1 unspecified atom stereocenters. The second kappa shape index (κ2) is 5.83. The fourth-order valence-electron chi connectivity index (χ4n) is 2.23. The second-order valence-corrected chi connectivity index (χ2v) is 5.09. The Hall–Kier alpha value is -0.120. The minimum absolute atomic E-state index is 0.129. The smallest absolute Gasteiger partial charge is 0.0676 e. The number of likely N-dealkylation sites (N-methyl/N-ethyl adjacent to an activating group) is 1. The molecule has 0 aromatic carbocycles. The van der Waals surface area contributed by atoms with Gasteiger partial charge in [0.1, 0.15) is 0 Å². The second-order valence-electron chi connectivity index (χ2n) is 5.09. The normalized spacial score (nSPS) is 27.8. The zero-order chi connectivity index (χ0) is 11.3. The molecule has 0 spiro atoms. The molecule has 1 aliphatic rings. The lowest BCUT2D eigenvalue weighted by Crippen LogP contribution is -2.49. The van der Waals surface area contributed by atoms with E-state index in [9.17, 15) is 0 Å². The molecule has 0 amide bonds. The Balaban J connectivity index is 2.43. The highest BCUT2D eigenvalue weighted by atomic mass is 16.5. The third-order valence-corrected chi connectivity index (χ3v) is 3.18. The van der Waals surface area contributed by atoms with Crippen molar-refractivity contribution in [1.29, 1.82) is 0 Å². The number of ether oxygens (including phenoxy) is 2. The molecule has 1 fully saturated rings. The first kappa shape index (κ1) is 12.9. The van der Waals surface area contributed by atoms with Gasteiger partial charge in [-0.3, -0.25) is 4.90 Å². The van der Waals surface area contributed by atoms with Crippen molar-refractivity contribution in [2.45, 2.75) is 32.2 Å². The largest absolute Gasteiger partial charge is 0.383 e. The van der Waals surface area contributed by atoms with E-state index in [1.54, 1.807) is 7.11 Å². The molecule has 1 heterocycles. The summed E-state index contributed by atoms with van der Waals surface area (Å²) in [5.41, 5.74) is 0.129. The van der Waals surface area contributed by atoms with E-state index in [2.05, 4.69) is 25.8 Å². The molecule has 1 saturated heterocycles. The van der Waals surface area contributed by atoms with E-state index in [1.807, 2.05) is 0 Å². The van der Waals surface area contributed by atoms with Gasteiger partial charge in [-0.15, -0.1) is 0 Å². The van der Waals surface area contributed by atoms with Gasteiger partial charge < -0.3 is 9.47 Å². The summed E-state index contributed by atoms with van der Waals surface area (Å²) in [6, 6.07) is 0. The van der Waals surface area contributed by atoms with Crippen LogP contribution in [0.4, 0.5) is 0 Å². The molecule has 3 nitrogen and oxygen atoms in total. The van der Waals surface area contributed by atoms with Gasteiger partial charge in [-0.1, -0.05) is 13.8 Å². The van der Waals surface area contributed by atoms with E-state index in [0.29, 0.717) is 5.92 Å². The molecule has 1 atom stereocenters. The van der Waals surface area contributed by atoms with Crippen molar-refractivity contribution in [3.8, 4) is 0 Å². The maximum absolute atomic E-state index is 5.78. The molecule has 0 aromatic heterocycles. The van der Waals surface area contributed by atoms with Crippen molar-refractivity contribution in [3.63, 3.8) is 0 Å². The van der Waals surface area contributed by atoms with Gasteiger partial charge in [0.25, 0.3) is 0 Å². The predicted molar refractivity (Wildman–Crippen MR) is 62.1 cm³/mol. The van der Waals surface area contributed by atoms with Crippen molar-refractivity contribution in [3.05, 3.63) is 0 Å². The lowest BCUT2D eigenvalue weighted by Gasteiger charge is -2.35. The third kappa shape index (κ3) is 3.44. The van der Waals surface area contributed by atoms with Crippen LogP contribution in [0.2, 0.25) is 0 Å². The fourth-order valence-corrected chi connectivity index (χ4v) is 2.23. The average Bonchev–Trinajstić information content (AvgIpc) is 2.48. The molecule has 0 N–H and O–H groups in total. The number of hydrogen-bond acceptors (Lipinski definition) is 3. The van der Waals surface area contributed by atoms with E-state index in [-0.39, 0.29) is 5.54 Å². The van der Waals surface area contributed by atoms with Crippen LogP contribution in [0.15, 0.2) is 0 Å². The van der Waals surface area contributed by atoms with Gasteiger partial charge in [0, 0.05) is 13.7 Å². The fraction of sp³-hybridized carbons (Fsp3) is 1.00. The van der Waals surface area contributed by atoms with Crippen LogP contribution in [0.1, 0.15) is 26.7 Å². The Kier molecular flexibility index (Phi) is 5.03. The van der Waals surface area contributed by atoms with Crippen LogP contribution in [0.5, 0.6) is 0 Å². The van der Waals surface area contributed by atoms with Crippen LogP contribution in [0, 0.1) is 5.92 Å². The third-order valence-electron chi connectivity index (χ3n) is 3.18. The van der Waals surface area contributed by atoms with Gasteiger partial charge >= 0.3 is 0 Å². The van der Waals surface area contributed by atoms with E-state index < -0.39 is 0 Å². The predicted octanol–water partition coefficient (Wildman–Crippen LogP) is 1.77. The van der Waals surface area contributed by atoms with Crippen LogP contribution in [-0.4, -0.2) is 51.0 Å². The van der Waals surface area contributed by atoms with E-state index in [1.165, 1.54) is 12.8 Å². The van der Waals surface area contributed by atoms with Crippen LogP contribution in [0.3, 0.4) is 0 Å². The van der Waals surface area contributed by atoms with Gasteiger partial charge in [0.15, 0.2) is 0 Å². The standard InChI is InChI=1S/C12H25NO2/c1-11(2)8-15-10-12(9-14-4)6-5-7-13(12)3/h11H,5-10H2,1-4H3. The molecular weight excluding hydrogens is 190 g/mol. The summed E-state index contributed by atoms with van der Waals surface area (Å²) in [7, 11) is 3.95. The number of likely N-dealkylation sites (tertiary alicyclic amines) is 1. The summed E-state index contributed by atoms with van der Waals surface area (Å²) in [6.45, 7) is 7.95. The van der Waals surface area contributed by atoms with Crippen LogP contribution < -0.4 is 0 Å². The molecule has 0 aromatic rings. The van der Waals surface area contributed by atoms with Gasteiger partial charge in [-0.25, -0.2) is 0 Å². The number of methoxy groups -OCH3 is 1. The molecule has 1 rings (SSSR count). The summed E-state index contributed by atoms with van der Waals surface area (Å²) in [4.78, 5) is 2.39. The Labute approximate surface area is 93.7 Å². The van der Waals surface area contributed by atoms with Crippen molar-refractivity contribution in [2.75, 3.05) is 40.5 Å². The molecule has 0 saturated carbocycles. The lowest BCUT2D eigenvalue weighted by atomic mass is 9.99. The summed E-state index contributed by atoms with van der Waals surface area (Å²) in [5, 5.41) is 0. The summed E-state index contributed by atoms with van der Waals surface area (Å²) >= 11 is 0. The maximum atomic E-state index is 5.78. The van der Waals surface area contributed by atoms with Gasteiger partial charge in [0.05, 0.1) is 18.8 Å². The van der Waals surface area contributed by atoms with Crippen LogP contribution in [0.25, 0.3) is 0 Å². The molecule has 90 valence electrons. The molecule has 15 heavy (non-hydrogen) atoms. The topological polar surface area (TPSA) is 21.7 Å². The first-order valence-electron chi connectivity index (χ1n) is 5.88. The van der Waals surface area contributed by atoms with Crippen molar-refractivity contribution in [2.24, 2.45) is 5.92 Å². The molecule has 0 radical (unpaired) electrons. The van der Waals surface area contributed by atoms with E-state index >= 15 is 0 Å². The molecule has 0 aliphatic carbocycles. The zero-order valence-corrected chi connectivity index (χ0v) is 10.6. The number of hydrogen-bond donors (Lipinski definition) is 0. The zero-order valence-electron chi connectivity index (χ0n) is 10.6. The highest BCUT2D eigenvalue weighted by molar-refractivity contribution is 4.94. The minimum atomic E-state index is 0.129. The van der Waals surface area contributed by atoms with Crippen molar-refractivity contribution < 1.29 is 9.47 Å². The van der Waals surface area contributed by atoms with Gasteiger partial charge in [0.2, 0.25) is 0 Å². The summed E-state index contributed by atoms with van der Waals surface area (Å²) < 4.78 is 11.1. The minimum Gasteiger partial charge on any atom is -0.383 e. The van der Waals surface area contributed by atoms with Crippen molar-refractivity contribution in [1.82, 2.24) is 4.90 Å². The highest BCUT2D eigenvalue weighted by Crippen LogP contribution is 2.28. The Bertz CT molecular complexity index is 184. The van der Waals surface area contributed by atoms with Gasteiger partial charge in [-0.05, 0) is 32.4 Å². The summed E-state index contributed by atoms with van der Waals surface area (Å²) in [5.74, 6) is 0.608. The molecular formula is C12H25NO2. The summed E-state index contributed by atoms with van der Waals surface area (Å²) in [6.07, 6.45) is 2.44. The first-order chi connectivity index (χ1) is 7.10. The monoisotopic (exact) mass is 215 g/mol. The first-order valence-corrected chi connectivity index (χ1v) is 5.88. The Morgan fingerprint density at radius 2 is 2.07 bits per heavy atom. The number of nitrogens with zero attached hydrogens (tertiary/aromatic N) is 1. The highest BCUT2D eigenvalue weighted by Gasteiger charge is 2.38. The SMILES string of the molecule is COCC1(COCC(C)C)CCCN1C. The lowest BCUT2D eigenvalue weighted by molar-refractivity contribution is -0.0264. The maximum Gasteiger partial charge on any atom is 0.0676 e. The number of rotatable bonds is 6. The Morgan fingerprint density at radius 3 is 2.53 bits per heavy atom. The quantitative estimate of drug-likeness (QED) is 0.674. The van der Waals surface area contributed by atoms with Gasteiger partial charge in [-0.2, -0.15) is 0 Å². The molecule has 0 bridgehead atoms. The Morgan fingerprint density at radius 1 is 1.33 bits per heavy atom. The van der Waals surface area contributed by atoms with E-state index in [0.717, 1.165) is 26.4 Å². The molecule has 1 aliphatic heterocycles. The van der Waals surface area contributed by atoms with Crippen LogP contribution in [-0.2, 0) is 9.47 Å².